The molecule has 0 aliphatic rings. The molecular formula is C11H16O2. The summed E-state index contributed by atoms with van der Waals surface area (Å²) < 4.78 is 5.42. The van der Waals surface area contributed by atoms with E-state index in [1.165, 1.54) is 0 Å². The molecule has 72 valence electrons. The van der Waals surface area contributed by atoms with Gasteiger partial charge in [-0.2, -0.15) is 0 Å². The number of benzene rings is 1. The molecule has 1 aromatic rings. The Morgan fingerprint density at radius 3 is 2.62 bits per heavy atom. The van der Waals surface area contributed by atoms with E-state index < -0.39 is 0 Å². The maximum atomic E-state index is 9.26. The summed E-state index contributed by atoms with van der Waals surface area (Å²) in [6.07, 6.45) is 1.26. The van der Waals surface area contributed by atoms with Crippen molar-refractivity contribution in [3.8, 4) is 5.75 Å². The van der Waals surface area contributed by atoms with Gasteiger partial charge in [0.2, 0.25) is 0 Å². The third-order valence-electron chi connectivity index (χ3n) is 1.93. The van der Waals surface area contributed by atoms with Gasteiger partial charge in [0.15, 0.2) is 0 Å². The predicted octanol–water partition coefficient (Wildman–Crippen LogP) is 2.23. The molecule has 1 atom stereocenters. The van der Waals surface area contributed by atoms with Gasteiger partial charge >= 0.3 is 0 Å². The molecule has 0 aliphatic carbocycles. The summed E-state index contributed by atoms with van der Waals surface area (Å²) in [5.74, 6) is 0.866. The van der Waals surface area contributed by atoms with E-state index in [2.05, 4.69) is 0 Å². The van der Waals surface area contributed by atoms with Crippen LogP contribution in [-0.2, 0) is 0 Å². The van der Waals surface area contributed by atoms with E-state index in [-0.39, 0.29) is 6.10 Å². The highest BCUT2D eigenvalue weighted by molar-refractivity contribution is 5.20. The fourth-order valence-electron chi connectivity index (χ4n) is 1.03. The van der Waals surface area contributed by atoms with Crippen LogP contribution in [0.1, 0.15) is 19.8 Å². The Labute approximate surface area is 79.2 Å². The van der Waals surface area contributed by atoms with Gasteiger partial charge in [-0.1, -0.05) is 25.1 Å². The second-order valence-corrected chi connectivity index (χ2v) is 3.01. The maximum Gasteiger partial charge on any atom is 0.119 e. The van der Waals surface area contributed by atoms with Crippen LogP contribution < -0.4 is 4.74 Å². The van der Waals surface area contributed by atoms with Crippen LogP contribution in [0.25, 0.3) is 0 Å². The SMILES string of the molecule is CC[C@H](O)CCOc1ccccc1. The van der Waals surface area contributed by atoms with Gasteiger partial charge < -0.3 is 9.84 Å². The van der Waals surface area contributed by atoms with Crippen LogP contribution >= 0.6 is 0 Å². The van der Waals surface area contributed by atoms with Gasteiger partial charge in [0.05, 0.1) is 12.7 Å². The van der Waals surface area contributed by atoms with Gasteiger partial charge in [0.25, 0.3) is 0 Å². The molecule has 0 unspecified atom stereocenters. The van der Waals surface area contributed by atoms with E-state index >= 15 is 0 Å². The smallest absolute Gasteiger partial charge is 0.119 e. The molecule has 1 rings (SSSR count). The minimum absolute atomic E-state index is 0.233. The number of hydrogen-bond donors (Lipinski definition) is 1. The zero-order valence-corrected chi connectivity index (χ0v) is 7.94. The Hall–Kier alpha value is -1.02. The Balaban J connectivity index is 2.20. The number of ether oxygens (including phenoxy) is 1. The Kier molecular flexibility index (Phi) is 4.33. The molecule has 0 aliphatic heterocycles. The minimum atomic E-state index is -0.233. The highest BCUT2D eigenvalue weighted by atomic mass is 16.5. The van der Waals surface area contributed by atoms with Crippen molar-refractivity contribution in [3.05, 3.63) is 30.3 Å². The summed E-state index contributed by atoms with van der Waals surface area (Å²) in [6.45, 7) is 2.55. The average molecular weight is 180 g/mol. The molecular weight excluding hydrogens is 164 g/mol. The second-order valence-electron chi connectivity index (χ2n) is 3.01. The molecule has 1 aromatic carbocycles. The Morgan fingerprint density at radius 2 is 2.00 bits per heavy atom. The van der Waals surface area contributed by atoms with Gasteiger partial charge in [0, 0.05) is 6.42 Å². The quantitative estimate of drug-likeness (QED) is 0.753. The molecule has 0 spiro atoms. The first kappa shape index (κ1) is 10.1. The van der Waals surface area contributed by atoms with Crippen molar-refractivity contribution in [2.45, 2.75) is 25.9 Å². The summed E-state index contributed by atoms with van der Waals surface area (Å²) in [6, 6.07) is 9.65. The molecule has 1 N–H and O–H groups in total. The molecule has 0 bridgehead atoms. The van der Waals surface area contributed by atoms with E-state index in [1.54, 1.807) is 0 Å². The third-order valence-corrected chi connectivity index (χ3v) is 1.93. The maximum absolute atomic E-state index is 9.26. The van der Waals surface area contributed by atoms with Crippen molar-refractivity contribution in [2.24, 2.45) is 0 Å². The number of rotatable bonds is 5. The van der Waals surface area contributed by atoms with Crippen LogP contribution in [0.15, 0.2) is 30.3 Å². The van der Waals surface area contributed by atoms with Crippen LogP contribution in [-0.4, -0.2) is 17.8 Å². The van der Waals surface area contributed by atoms with Crippen LogP contribution in [0.5, 0.6) is 5.75 Å². The Morgan fingerprint density at radius 1 is 1.31 bits per heavy atom. The normalized spacial score (nSPS) is 12.5. The van der Waals surface area contributed by atoms with Crippen molar-refractivity contribution >= 4 is 0 Å². The predicted molar refractivity (Wildman–Crippen MR) is 52.9 cm³/mol. The lowest BCUT2D eigenvalue weighted by Crippen LogP contribution is -2.10. The van der Waals surface area contributed by atoms with Crippen molar-refractivity contribution in [3.63, 3.8) is 0 Å². The van der Waals surface area contributed by atoms with Crippen LogP contribution in [0.4, 0.5) is 0 Å². The van der Waals surface area contributed by atoms with Crippen molar-refractivity contribution in [2.75, 3.05) is 6.61 Å². The third kappa shape index (κ3) is 3.95. The van der Waals surface area contributed by atoms with Gasteiger partial charge in [0.1, 0.15) is 5.75 Å². The number of para-hydroxylation sites is 1. The van der Waals surface area contributed by atoms with E-state index in [4.69, 9.17) is 4.74 Å². The molecule has 0 fully saturated rings. The van der Waals surface area contributed by atoms with Crippen molar-refractivity contribution < 1.29 is 9.84 Å². The second kappa shape index (κ2) is 5.60. The molecule has 2 heteroatoms. The van der Waals surface area contributed by atoms with Crippen LogP contribution in [0.2, 0.25) is 0 Å². The fourth-order valence-corrected chi connectivity index (χ4v) is 1.03. The summed E-state index contributed by atoms with van der Waals surface area (Å²) in [5, 5.41) is 9.26. The largest absolute Gasteiger partial charge is 0.493 e. The molecule has 0 saturated carbocycles. The monoisotopic (exact) mass is 180 g/mol. The Bertz CT molecular complexity index is 221. The zero-order chi connectivity index (χ0) is 9.52. The van der Waals surface area contributed by atoms with Gasteiger partial charge in [-0.25, -0.2) is 0 Å². The first-order valence-corrected chi connectivity index (χ1v) is 4.69. The van der Waals surface area contributed by atoms with E-state index in [0.717, 1.165) is 12.2 Å². The molecule has 0 saturated heterocycles. The molecule has 0 aromatic heterocycles. The average Bonchev–Trinajstić information content (AvgIpc) is 2.19. The summed E-state index contributed by atoms with van der Waals surface area (Å²) in [4.78, 5) is 0. The van der Waals surface area contributed by atoms with E-state index in [1.807, 2.05) is 37.3 Å². The summed E-state index contributed by atoms with van der Waals surface area (Å²) >= 11 is 0. The minimum Gasteiger partial charge on any atom is -0.493 e. The standard InChI is InChI=1S/C11H16O2/c1-2-10(12)8-9-13-11-6-4-3-5-7-11/h3-7,10,12H,2,8-9H2,1H3/t10-/m0/s1. The molecule has 2 nitrogen and oxygen atoms in total. The molecule has 13 heavy (non-hydrogen) atoms. The fraction of sp³-hybridized carbons (Fsp3) is 0.455. The lowest BCUT2D eigenvalue weighted by Gasteiger charge is -2.08. The first-order valence-electron chi connectivity index (χ1n) is 4.69. The zero-order valence-electron chi connectivity index (χ0n) is 7.94. The van der Waals surface area contributed by atoms with Crippen molar-refractivity contribution in [1.29, 1.82) is 0 Å². The van der Waals surface area contributed by atoms with Crippen molar-refractivity contribution in [1.82, 2.24) is 0 Å². The van der Waals surface area contributed by atoms with E-state index in [9.17, 15) is 5.11 Å². The summed E-state index contributed by atoms with van der Waals surface area (Å²) in [5.41, 5.74) is 0. The lowest BCUT2D eigenvalue weighted by molar-refractivity contribution is 0.135. The van der Waals surface area contributed by atoms with Gasteiger partial charge in [-0.3, -0.25) is 0 Å². The summed E-state index contributed by atoms with van der Waals surface area (Å²) in [7, 11) is 0. The molecule has 0 radical (unpaired) electrons. The topological polar surface area (TPSA) is 29.5 Å². The molecule has 0 amide bonds. The number of hydrogen-bond acceptors (Lipinski definition) is 2. The first-order chi connectivity index (χ1) is 6.33. The lowest BCUT2D eigenvalue weighted by atomic mass is 10.2. The van der Waals surface area contributed by atoms with E-state index in [0.29, 0.717) is 13.0 Å². The number of aliphatic hydroxyl groups excluding tert-OH is 1. The highest BCUT2D eigenvalue weighted by Gasteiger charge is 2.00. The van der Waals surface area contributed by atoms with Gasteiger partial charge in [-0.05, 0) is 18.6 Å². The van der Waals surface area contributed by atoms with Crippen LogP contribution in [0, 0.1) is 0 Å². The van der Waals surface area contributed by atoms with Gasteiger partial charge in [-0.15, -0.1) is 0 Å². The van der Waals surface area contributed by atoms with Crippen LogP contribution in [0.3, 0.4) is 0 Å². The molecule has 0 heterocycles. The highest BCUT2D eigenvalue weighted by Crippen LogP contribution is 2.09. The number of aliphatic hydroxyl groups is 1.